The summed E-state index contributed by atoms with van der Waals surface area (Å²) in [6, 6.07) is 8.94. The zero-order valence-corrected chi connectivity index (χ0v) is 30.9. The summed E-state index contributed by atoms with van der Waals surface area (Å²) < 4.78 is 21.5. The molecule has 56 heavy (non-hydrogen) atoms. The predicted octanol–water partition coefficient (Wildman–Crippen LogP) is -2.99. The van der Waals surface area contributed by atoms with Crippen molar-refractivity contribution in [3.8, 4) is 23.0 Å². The van der Waals surface area contributed by atoms with Gasteiger partial charge in [0.15, 0.2) is 23.0 Å². The molecule has 0 aromatic heterocycles. The van der Waals surface area contributed by atoms with Gasteiger partial charge in [0.2, 0.25) is 24.4 Å². The Hall–Kier alpha value is -3.86. The second-order valence-electron chi connectivity index (χ2n) is 13.7. The number of hydrogen-bond donors (Lipinski definition) is 13. The molecule has 2 aliphatic heterocycles. The van der Waals surface area contributed by atoms with Crippen LogP contribution < -0.4 is 25.4 Å². The number of benzene rings is 2. The molecule has 0 radical (unpaired) electrons. The number of carbonyl (C=O) groups is 2. The van der Waals surface area contributed by atoms with Gasteiger partial charge in [0.05, 0.1) is 13.2 Å². The van der Waals surface area contributed by atoms with Gasteiger partial charge in [-0.25, -0.2) is 0 Å². The van der Waals surface area contributed by atoms with E-state index >= 15 is 0 Å². The highest BCUT2D eigenvalue weighted by Gasteiger charge is 2.46. The van der Waals surface area contributed by atoms with Crippen LogP contribution in [0.4, 0.5) is 0 Å². The average Bonchev–Trinajstić information content (AvgIpc) is 3.18. The van der Waals surface area contributed by atoms with Crippen molar-refractivity contribution in [1.82, 2.24) is 16.0 Å². The van der Waals surface area contributed by atoms with Crippen molar-refractivity contribution in [2.45, 2.75) is 106 Å². The lowest BCUT2D eigenvalue weighted by Gasteiger charge is -2.39. The number of rotatable bonds is 21. The first-order valence-electron chi connectivity index (χ1n) is 18.6. The van der Waals surface area contributed by atoms with Crippen LogP contribution in [0.25, 0.3) is 0 Å². The Labute approximate surface area is 323 Å². The maximum absolute atomic E-state index is 12.3. The SMILES string of the molecule is O=C(CCc1ccc(O[C@@H]2O[C@H](CO)[C@@H](O)[C@H](O)[C@H]2O)c(O)c1)NCCCCNCCCNC(=O)CCc1ccc(O[C@@H]2O[C@H](CO)[C@@H](O)[C@H](O)[C@H]2O)c(O)c1. The number of aliphatic hydroxyl groups is 8. The molecule has 2 amide bonds. The number of hydrogen-bond acceptors (Lipinski definition) is 17. The number of phenolic OH excluding ortho intramolecular Hbond substituents is 2. The molecule has 4 rings (SSSR count). The topological polar surface area (TPSA) is 309 Å². The zero-order chi connectivity index (χ0) is 40.8. The number of nitrogens with one attached hydrogen (secondary N) is 3. The van der Waals surface area contributed by atoms with Crippen molar-refractivity contribution >= 4 is 11.8 Å². The highest BCUT2D eigenvalue weighted by atomic mass is 16.7. The van der Waals surface area contributed by atoms with Gasteiger partial charge in [-0.1, -0.05) is 12.1 Å². The number of aryl methyl sites for hydroxylation is 2. The van der Waals surface area contributed by atoms with E-state index in [1.807, 2.05) is 0 Å². The van der Waals surface area contributed by atoms with Crippen molar-refractivity contribution in [1.29, 1.82) is 0 Å². The number of phenols is 2. The summed E-state index contributed by atoms with van der Waals surface area (Å²) in [6.07, 6.45) is -11.4. The summed E-state index contributed by atoms with van der Waals surface area (Å²) in [6.45, 7) is 1.18. The van der Waals surface area contributed by atoms with Crippen LogP contribution in [0.2, 0.25) is 0 Å². The Kier molecular flexibility index (Phi) is 17.8. The average molecular weight is 798 g/mol. The van der Waals surface area contributed by atoms with Crippen LogP contribution >= 0.6 is 0 Å². The molecule has 0 unspecified atom stereocenters. The minimum atomic E-state index is -1.62. The third-order valence-electron chi connectivity index (χ3n) is 9.47. The molecule has 314 valence electrons. The molecule has 0 saturated carbocycles. The standard InChI is InChI=1S/C37H55N3O16/c41-18-26-30(47)32(49)34(51)36(55-26)53-24-8-4-20(16-22(24)43)6-10-28(45)39-14-2-1-12-38-13-3-15-40-29(46)11-7-21-5-9-25(23(44)17-21)54-37-35(52)33(50)31(48)27(19-42)56-37/h4-5,8-9,16-17,26-27,30-38,41-44,47-52H,1-3,6-7,10-15,18-19H2,(H,39,45)(H,40,46)/t26-,27-,30-,31-,32+,33+,34-,35-,36-,37-/m1/s1. The molecular formula is C37H55N3O16. The van der Waals surface area contributed by atoms with E-state index in [0.717, 1.165) is 19.4 Å². The first-order chi connectivity index (χ1) is 26.8. The van der Waals surface area contributed by atoms with E-state index in [1.165, 1.54) is 24.3 Å². The van der Waals surface area contributed by atoms with Crippen LogP contribution in [0.15, 0.2) is 36.4 Å². The van der Waals surface area contributed by atoms with E-state index in [1.54, 1.807) is 12.1 Å². The van der Waals surface area contributed by atoms with E-state index in [4.69, 9.17) is 18.9 Å². The second kappa shape index (κ2) is 22.2. The van der Waals surface area contributed by atoms with E-state index in [9.17, 15) is 60.7 Å². The molecule has 0 bridgehead atoms. The van der Waals surface area contributed by atoms with Crippen LogP contribution in [0.5, 0.6) is 23.0 Å². The lowest BCUT2D eigenvalue weighted by Crippen LogP contribution is -2.60. The zero-order valence-electron chi connectivity index (χ0n) is 30.9. The molecule has 19 nitrogen and oxygen atoms in total. The monoisotopic (exact) mass is 797 g/mol. The Balaban J connectivity index is 1.00. The quantitative estimate of drug-likeness (QED) is 0.0561. The summed E-state index contributed by atoms with van der Waals surface area (Å²) >= 11 is 0. The fourth-order valence-electron chi connectivity index (χ4n) is 6.08. The van der Waals surface area contributed by atoms with Crippen molar-refractivity contribution in [3.05, 3.63) is 47.5 Å². The summed E-state index contributed by atoms with van der Waals surface area (Å²) in [5.74, 6) is -0.953. The molecular weight excluding hydrogens is 742 g/mol. The number of unbranched alkanes of at least 4 members (excludes halogenated alkanes) is 1. The third kappa shape index (κ3) is 12.8. The Bertz CT molecular complexity index is 1420. The molecule has 2 aromatic rings. The van der Waals surface area contributed by atoms with Crippen molar-refractivity contribution in [2.75, 3.05) is 39.4 Å². The summed E-state index contributed by atoms with van der Waals surface area (Å²) in [4.78, 5) is 24.6. The van der Waals surface area contributed by atoms with Gasteiger partial charge in [0, 0.05) is 25.9 Å². The Morgan fingerprint density at radius 1 is 0.571 bits per heavy atom. The van der Waals surface area contributed by atoms with Gasteiger partial charge < -0.3 is 86.0 Å². The molecule has 2 saturated heterocycles. The molecule has 0 aliphatic carbocycles. The maximum atomic E-state index is 12.3. The first kappa shape index (κ1) is 44.8. The van der Waals surface area contributed by atoms with E-state index in [0.29, 0.717) is 50.0 Å². The van der Waals surface area contributed by atoms with Crippen LogP contribution in [-0.2, 0) is 31.9 Å². The van der Waals surface area contributed by atoms with Crippen LogP contribution in [0.3, 0.4) is 0 Å². The van der Waals surface area contributed by atoms with E-state index in [-0.39, 0.29) is 47.7 Å². The lowest BCUT2D eigenvalue weighted by molar-refractivity contribution is -0.277. The van der Waals surface area contributed by atoms with Crippen LogP contribution in [-0.4, -0.2) is 164 Å². The molecule has 2 heterocycles. The van der Waals surface area contributed by atoms with Crippen LogP contribution in [0.1, 0.15) is 43.2 Å². The fraction of sp³-hybridized carbons (Fsp3) is 0.622. The van der Waals surface area contributed by atoms with Gasteiger partial charge in [-0.3, -0.25) is 9.59 Å². The number of ether oxygens (including phenoxy) is 4. The maximum Gasteiger partial charge on any atom is 0.229 e. The Morgan fingerprint density at radius 2 is 0.982 bits per heavy atom. The minimum Gasteiger partial charge on any atom is -0.504 e. The normalized spacial score (nSPS) is 27.7. The van der Waals surface area contributed by atoms with Gasteiger partial charge in [0.25, 0.3) is 0 Å². The molecule has 13 N–H and O–H groups in total. The van der Waals surface area contributed by atoms with Crippen LogP contribution in [0, 0.1) is 0 Å². The largest absolute Gasteiger partial charge is 0.504 e. The van der Waals surface area contributed by atoms with Gasteiger partial charge in [0.1, 0.15) is 48.8 Å². The number of carbonyl (C=O) groups excluding carboxylic acids is 2. The van der Waals surface area contributed by atoms with Crippen molar-refractivity contribution < 1.29 is 79.6 Å². The smallest absolute Gasteiger partial charge is 0.229 e. The van der Waals surface area contributed by atoms with E-state index in [2.05, 4.69) is 16.0 Å². The van der Waals surface area contributed by atoms with Crippen molar-refractivity contribution in [2.24, 2.45) is 0 Å². The molecule has 2 aliphatic rings. The first-order valence-corrected chi connectivity index (χ1v) is 18.6. The van der Waals surface area contributed by atoms with Gasteiger partial charge in [-0.05, 0) is 80.6 Å². The third-order valence-corrected chi connectivity index (χ3v) is 9.47. The Morgan fingerprint density at radius 3 is 1.41 bits per heavy atom. The minimum absolute atomic E-state index is 0.0484. The summed E-state index contributed by atoms with van der Waals surface area (Å²) in [7, 11) is 0. The highest BCUT2D eigenvalue weighted by Crippen LogP contribution is 2.33. The molecule has 2 aromatic carbocycles. The molecule has 0 spiro atoms. The van der Waals surface area contributed by atoms with Gasteiger partial charge in [-0.2, -0.15) is 0 Å². The number of aromatic hydroxyl groups is 2. The van der Waals surface area contributed by atoms with E-state index < -0.39 is 74.6 Å². The van der Waals surface area contributed by atoms with Crippen molar-refractivity contribution in [3.63, 3.8) is 0 Å². The second-order valence-corrected chi connectivity index (χ2v) is 13.7. The molecule has 10 atom stereocenters. The predicted molar refractivity (Wildman–Crippen MR) is 194 cm³/mol. The lowest BCUT2D eigenvalue weighted by atomic mass is 9.99. The molecule has 2 fully saturated rings. The summed E-state index contributed by atoms with van der Waals surface area (Å²) in [5, 5.41) is 108. The van der Waals surface area contributed by atoms with Gasteiger partial charge >= 0.3 is 0 Å². The summed E-state index contributed by atoms with van der Waals surface area (Å²) in [5.41, 5.74) is 1.32. The number of aliphatic hydroxyl groups excluding tert-OH is 8. The highest BCUT2D eigenvalue weighted by molar-refractivity contribution is 5.76. The fourth-order valence-corrected chi connectivity index (χ4v) is 6.08. The number of amides is 2. The van der Waals surface area contributed by atoms with Gasteiger partial charge in [-0.15, -0.1) is 0 Å². The molecule has 19 heteroatoms.